The van der Waals surface area contributed by atoms with Crippen LogP contribution in [0.1, 0.15) is 25.7 Å². The van der Waals surface area contributed by atoms with Gasteiger partial charge in [-0.15, -0.1) is 0 Å². The Morgan fingerprint density at radius 1 is 1.47 bits per heavy atom. The van der Waals surface area contributed by atoms with Crippen molar-refractivity contribution in [3.05, 3.63) is 22.2 Å². The number of hydrogen-bond donors (Lipinski definition) is 2. The molecule has 1 aromatic heterocycles. The molecule has 19 heavy (non-hydrogen) atoms. The van der Waals surface area contributed by atoms with E-state index >= 15 is 0 Å². The Morgan fingerprint density at radius 2 is 2.16 bits per heavy atom. The monoisotopic (exact) mass is 266 g/mol. The third-order valence-electron chi connectivity index (χ3n) is 3.64. The summed E-state index contributed by atoms with van der Waals surface area (Å²) in [6.45, 7) is 0. The second kappa shape index (κ2) is 5.40. The minimum atomic E-state index is -0.554. The highest BCUT2D eigenvalue weighted by molar-refractivity contribution is 5.58. The molecule has 1 fully saturated rings. The van der Waals surface area contributed by atoms with E-state index in [-0.39, 0.29) is 17.5 Å². The number of hydrogen-bond acceptors (Lipinski definition) is 6. The van der Waals surface area contributed by atoms with E-state index in [9.17, 15) is 15.2 Å². The van der Waals surface area contributed by atoms with Gasteiger partial charge in [-0.25, -0.2) is 4.98 Å². The van der Waals surface area contributed by atoms with E-state index in [1.807, 2.05) is 11.9 Å². The molecule has 0 amide bonds. The number of rotatable bonds is 3. The molecule has 1 aliphatic rings. The lowest BCUT2D eigenvalue weighted by Crippen LogP contribution is -2.43. The Labute approximate surface area is 111 Å². The summed E-state index contributed by atoms with van der Waals surface area (Å²) in [5, 5.41) is 20.7. The summed E-state index contributed by atoms with van der Waals surface area (Å²) in [5.41, 5.74) is 5.39. The van der Waals surface area contributed by atoms with E-state index in [0.29, 0.717) is 5.82 Å². The second-order valence-electron chi connectivity index (χ2n) is 4.86. The van der Waals surface area contributed by atoms with Crippen LogP contribution >= 0.6 is 0 Å². The van der Waals surface area contributed by atoms with Gasteiger partial charge in [-0.1, -0.05) is 12.8 Å². The maximum atomic E-state index is 10.7. The van der Waals surface area contributed by atoms with Crippen LogP contribution in [0.15, 0.2) is 12.1 Å². The van der Waals surface area contributed by atoms with E-state index in [4.69, 9.17) is 5.73 Å². The Kier molecular flexibility index (Phi) is 3.84. The van der Waals surface area contributed by atoms with Gasteiger partial charge in [0.1, 0.15) is 5.82 Å². The number of aliphatic hydroxyl groups excluding tert-OH is 1. The van der Waals surface area contributed by atoms with Crippen molar-refractivity contribution in [1.29, 1.82) is 0 Å². The third-order valence-corrected chi connectivity index (χ3v) is 3.64. The van der Waals surface area contributed by atoms with Gasteiger partial charge >= 0.3 is 5.69 Å². The summed E-state index contributed by atoms with van der Waals surface area (Å²) in [4.78, 5) is 16.0. The molecule has 1 saturated carbocycles. The summed E-state index contributed by atoms with van der Waals surface area (Å²) in [5.74, 6) is 0.452. The first kappa shape index (κ1) is 13.5. The van der Waals surface area contributed by atoms with Crippen molar-refractivity contribution in [2.45, 2.75) is 37.8 Å². The highest BCUT2D eigenvalue weighted by Crippen LogP contribution is 2.28. The number of likely N-dealkylation sites (N-methyl/N-ethyl adjacent to an activating group) is 1. The van der Waals surface area contributed by atoms with Gasteiger partial charge in [-0.3, -0.25) is 10.1 Å². The number of nitro groups is 1. The Balaban J connectivity index is 2.21. The van der Waals surface area contributed by atoms with Crippen molar-refractivity contribution in [3.63, 3.8) is 0 Å². The second-order valence-corrected chi connectivity index (χ2v) is 4.86. The molecule has 0 bridgehead atoms. The van der Waals surface area contributed by atoms with Crippen molar-refractivity contribution in [3.8, 4) is 0 Å². The Bertz CT molecular complexity index is 480. The van der Waals surface area contributed by atoms with Gasteiger partial charge in [0, 0.05) is 13.1 Å². The molecule has 0 aromatic carbocycles. The molecule has 1 heterocycles. The van der Waals surface area contributed by atoms with Gasteiger partial charge in [0.25, 0.3) is 0 Å². The molecule has 0 radical (unpaired) electrons. The topological polar surface area (TPSA) is 106 Å². The molecule has 7 heteroatoms. The summed E-state index contributed by atoms with van der Waals surface area (Å²) in [6.07, 6.45) is 3.36. The van der Waals surface area contributed by atoms with Crippen molar-refractivity contribution < 1.29 is 10.0 Å². The van der Waals surface area contributed by atoms with Gasteiger partial charge in [-0.05, 0) is 18.9 Å². The van der Waals surface area contributed by atoms with E-state index in [2.05, 4.69) is 4.98 Å². The molecule has 0 saturated heterocycles. The van der Waals surface area contributed by atoms with Crippen LogP contribution in [0, 0.1) is 10.1 Å². The number of nitrogens with zero attached hydrogens (tertiary/aromatic N) is 3. The lowest BCUT2D eigenvalue weighted by molar-refractivity contribution is -0.384. The van der Waals surface area contributed by atoms with Gasteiger partial charge < -0.3 is 15.7 Å². The SMILES string of the molecule is CN(c1ccc([N+](=O)[O-])c(N)n1)C1CCCCC1O. The number of aliphatic hydroxyl groups is 1. The average Bonchev–Trinajstić information content (AvgIpc) is 2.38. The molecule has 0 aliphatic heterocycles. The summed E-state index contributed by atoms with van der Waals surface area (Å²) in [7, 11) is 1.83. The average molecular weight is 266 g/mol. The minimum Gasteiger partial charge on any atom is -0.391 e. The van der Waals surface area contributed by atoms with E-state index in [1.54, 1.807) is 6.07 Å². The van der Waals surface area contributed by atoms with Crippen molar-refractivity contribution in [2.24, 2.45) is 0 Å². The quantitative estimate of drug-likeness (QED) is 0.631. The van der Waals surface area contributed by atoms with Crippen molar-refractivity contribution in [2.75, 3.05) is 17.7 Å². The first-order valence-electron chi connectivity index (χ1n) is 6.32. The van der Waals surface area contributed by atoms with Crippen LogP contribution in [0.5, 0.6) is 0 Å². The number of aromatic nitrogens is 1. The molecule has 3 N–H and O–H groups in total. The van der Waals surface area contributed by atoms with Crippen molar-refractivity contribution in [1.82, 2.24) is 4.98 Å². The first-order chi connectivity index (χ1) is 9.00. The van der Waals surface area contributed by atoms with Gasteiger partial charge in [0.2, 0.25) is 5.82 Å². The molecule has 104 valence electrons. The normalized spacial score (nSPS) is 23.1. The predicted molar refractivity (Wildman–Crippen MR) is 72.0 cm³/mol. The molecular weight excluding hydrogens is 248 g/mol. The zero-order valence-corrected chi connectivity index (χ0v) is 10.8. The van der Waals surface area contributed by atoms with E-state index in [1.165, 1.54) is 6.07 Å². The number of nitrogen functional groups attached to an aromatic ring is 1. The summed E-state index contributed by atoms with van der Waals surface area (Å²) in [6, 6.07) is 2.90. The van der Waals surface area contributed by atoms with Crippen LogP contribution in [0.3, 0.4) is 0 Å². The first-order valence-corrected chi connectivity index (χ1v) is 6.32. The van der Waals surface area contributed by atoms with Gasteiger partial charge in [0.15, 0.2) is 0 Å². The van der Waals surface area contributed by atoms with Crippen LogP contribution in [-0.2, 0) is 0 Å². The number of nitrogens with two attached hydrogens (primary N) is 1. The Morgan fingerprint density at radius 3 is 2.74 bits per heavy atom. The predicted octanol–water partition coefficient (Wildman–Crippen LogP) is 1.31. The fourth-order valence-corrected chi connectivity index (χ4v) is 2.52. The highest BCUT2D eigenvalue weighted by Gasteiger charge is 2.28. The number of pyridine rings is 1. The zero-order chi connectivity index (χ0) is 14.0. The maximum Gasteiger partial charge on any atom is 0.311 e. The van der Waals surface area contributed by atoms with Crippen LogP contribution in [0.4, 0.5) is 17.3 Å². The van der Waals surface area contributed by atoms with Crippen LogP contribution < -0.4 is 10.6 Å². The molecule has 1 aliphatic carbocycles. The van der Waals surface area contributed by atoms with Gasteiger partial charge in [-0.2, -0.15) is 0 Å². The zero-order valence-electron chi connectivity index (χ0n) is 10.8. The molecule has 7 nitrogen and oxygen atoms in total. The maximum absolute atomic E-state index is 10.7. The number of anilines is 2. The fraction of sp³-hybridized carbons (Fsp3) is 0.583. The molecule has 2 atom stereocenters. The highest BCUT2D eigenvalue weighted by atomic mass is 16.6. The molecular formula is C12H18N4O3. The fourth-order valence-electron chi connectivity index (χ4n) is 2.52. The lowest BCUT2D eigenvalue weighted by Gasteiger charge is -2.35. The molecule has 2 unspecified atom stereocenters. The van der Waals surface area contributed by atoms with E-state index in [0.717, 1.165) is 25.7 Å². The smallest absolute Gasteiger partial charge is 0.311 e. The summed E-state index contributed by atoms with van der Waals surface area (Å²) >= 11 is 0. The lowest BCUT2D eigenvalue weighted by atomic mass is 9.91. The van der Waals surface area contributed by atoms with E-state index < -0.39 is 11.0 Å². The van der Waals surface area contributed by atoms with Gasteiger partial charge in [0.05, 0.1) is 17.1 Å². The molecule has 2 rings (SSSR count). The Hall–Kier alpha value is -1.89. The van der Waals surface area contributed by atoms with Crippen molar-refractivity contribution >= 4 is 17.3 Å². The van der Waals surface area contributed by atoms with Crippen LogP contribution in [-0.4, -0.2) is 34.2 Å². The largest absolute Gasteiger partial charge is 0.391 e. The molecule has 0 spiro atoms. The minimum absolute atomic E-state index is 0.0119. The third kappa shape index (κ3) is 2.76. The van der Waals surface area contributed by atoms with Crippen LogP contribution in [0.2, 0.25) is 0 Å². The standard InChI is InChI=1S/C12H18N4O3/c1-15(8-4-2-3-5-10(8)17)11-7-6-9(16(18)19)12(13)14-11/h6-8,10,17H,2-5H2,1H3,(H2,13,14). The molecule has 1 aromatic rings. The summed E-state index contributed by atoms with van der Waals surface area (Å²) < 4.78 is 0. The van der Waals surface area contributed by atoms with Crippen LogP contribution in [0.25, 0.3) is 0 Å².